The standard InChI is InChI=1S/C18H27N3O3.ClH/c1-15(22)16-4-6-17(7-5-16)24-14-2-3-18(23)20-10-13-21-11-8-19-9-12-21;/h4-7,19H,2-3,8-14H2,1H3,(H,20,23);1H. The van der Waals surface area contributed by atoms with Crippen molar-refractivity contribution >= 4 is 24.1 Å². The fourth-order valence-electron chi connectivity index (χ4n) is 2.59. The molecule has 25 heavy (non-hydrogen) atoms. The third-order valence-electron chi connectivity index (χ3n) is 4.04. The highest BCUT2D eigenvalue weighted by molar-refractivity contribution is 5.94. The van der Waals surface area contributed by atoms with E-state index in [1.54, 1.807) is 24.3 Å². The SMILES string of the molecule is CC(=O)c1ccc(OCCCC(=O)NCCN2CCNCC2)cc1.Cl. The Kier molecular flexibility index (Phi) is 10.1. The number of rotatable bonds is 9. The van der Waals surface area contributed by atoms with E-state index in [0.29, 0.717) is 31.6 Å². The van der Waals surface area contributed by atoms with Gasteiger partial charge in [-0.1, -0.05) is 0 Å². The Balaban J connectivity index is 0.00000312. The number of nitrogens with zero attached hydrogens (tertiary/aromatic N) is 1. The summed E-state index contributed by atoms with van der Waals surface area (Å²) in [6, 6.07) is 7.07. The zero-order chi connectivity index (χ0) is 17.2. The van der Waals surface area contributed by atoms with Gasteiger partial charge in [0.05, 0.1) is 6.61 Å². The number of carbonyl (C=O) groups excluding carboxylic acids is 2. The van der Waals surface area contributed by atoms with Gasteiger partial charge in [0.15, 0.2) is 5.78 Å². The molecule has 0 radical (unpaired) electrons. The first-order chi connectivity index (χ1) is 11.6. The molecular formula is C18H28ClN3O3. The third kappa shape index (κ3) is 8.34. The number of benzene rings is 1. The van der Waals surface area contributed by atoms with E-state index in [0.717, 1.165) is 38.5 Å². The molecule has 0 bridgehead atoms. The van der Waals surface area contributed by atoms with E-state index in [1.807, 2.05) is 0 Å². The number of amides is 1. The second kappa shape index (κ2) is 11.8. The number of carbonyl (C=O) groups is 2. The van der Waals surface area contributed by atoms with E-state index in [4.69, 9.17) is 4.74 Å². The van der Waals surface area contributed by atoms with Gasteiger partial charge >= 0.3 is 0 Å². The minimum Gasteiger partial charge on any atom is -0.494 e. The molecule has 1 aromatic carbocycles. The maximum absolute atomic E-state index is 11.8. The van der Waals surface area contributed by atoms with Gasteiger partial charge in [-0.15, -0.1) is 12.4 Å². The number of hydrogen-bond donors (Lipinski definition) is 2. The highest BCUT2D eigenvalue weighted by atomic mass is 35.5. The van der Waals surface area contributed by atoms with Crippen molar-refractivity contribution in [2.24, 2.45) is 0 Å². The zero-order valence-corrected chi connectivity index (χ0v) is 15.6. The average molecular weight is 370 g/mol. The molecule has 1 saturated heterocycles. The van der Waals surface area contributed by atoms with Gasteiger partial charge in [0.2, 0.25) is 5.91 Å². The Morgan fingerprint density at radius 2 is 1.88 bits per heavy atom. The summed E-state index contributed by atoms with van der Waals surface area (Å²) in [5.41, 5.74) is 0.672. The van der Waals surface area contributed by atoms with Crippen molar-refractivity contribution in [2.45, 2.75) is 19.8 Å². The van der Waals surface area contributed by atoms with Gasteiger partial charge in [-0.25, -0.2) is 0 Å². The molecule has 0 spiro atoms. The minimum atomic E-state index is 0. The summed E-state index contributed by atoms with van der Waals surface area (Å²) >= 11 is 0. The van der Waals surface area contributed by atoms with Gasteiger partial charge in [-0.05, 0) is 37.6 Å². The molecule has 0 aliphatic carbocycles. The van der Waals surface area contributed by atoms with E-state index < -0.39 is 0 Å². The molecule has 0 unspecified atom stereocenters. The molecule has 140 valence electrons. The Hall–Kier alpha value is -1.63. The van der Waals surface area contributed by atoms with Crippen LogP contribution in [0.15, 0.2) is 24.3 Å². The molecule has 1 aliphatic rings. The average Bonchev–Trinajstić information content (AvgIpc) is 2.60. The van der Waals surface area contributed by atoms with Gasteiger partial charge in [-0.3, -0.25) is 14.5 Å². The van der Waals surface area contributed by atoms with Crippen LogP contribution in [0.1, 0.15) is 30.1 Å². The lowest BCUT2D eigenvalue weighted by Crippen LogP contribution is -2.46. The van der Waals surface area contributed by atoms with Crippen LogP contribution < -0.4 is 15.4 Å². The summed E-state index contributed by atoms with van der Waals surface area (Å²) in [6.07, 6.45) is 1.14. The van der Waals surface area contributed by atoms with Crippen LogP contribution in [0.4, 0.5) is 0 Å². The van der Waals surface area contributed by atoms with Gasteiger partial charge < -0.3 is 15.4 Å². The lowest BCUT2D eigenvalue weighted by atomic mass is 10.1. The molecule has 1 aliphatic heterocycles. The molecule has 0 aromatic heterocycles. The lowest BCUT2D eigenvalue weighted by Gasteiger charge is -2.27. The normalized spacial score (nSPS) is 14.4. The van der Waals surface area contributed by atoms with E-state index in [2.05, 4.69) is 15.5 Å². The summed E-state index contributed by atoms with van der Waals surface area (Å²) in [4.78, 5) is 25.3. The lowest BCUT2D eigenvalue weighted by molar-refractivity contribution is -0.121. The fourth-order valence-corrected chi connectivity index (χ4v) is 2.59. The van der Waals surface area contributed by atoms with Crippen molar-refractivity contribution in [3.8, 4) is 5.75 Å². The number of hydrogen-bond acceptors (Lipinski definition) is 5. The second-order valence-electron chi connectivity index (χ2n) is 5.97. The van der Waals surface area contributed by atoms with Crippen LogP contribution >= 0.6 is 12.4 Å². The quantitative estimate of drug-likeness (QED) is 0.510. The minimum absolute atomic E-state index is 0. The molecular weight excluding hydrogens is 342 g/mol. The number of ketones is 1. The van der Waals surface area contributed by atoms with E-state index >= 15 is 0 Å². The van der Waals surface area contributed by atoms with Crippen molar-refractivity contribution in [3.05, 3.63) is 29.8 Å². The summed E-state index contributed by atoms with van der Waals surface area (Å²) in [6.45, 7) is 7.79. The first kappa shape index (κ1) is 21.4. The highest BCUT2D eigenvalue weighted by Crippen LogP contribution is 2.13. The Morgan fingerprint density at radius 3 is 2.52 bits per heavy atom. The van der Waals surface area contributed by atoms with Crippen molar-refractivity contribution in [3.63, 3.8) is 0 Å². The molecule has 1 amide bonds. The van der Waals surface area contributed by atoms with Crippen molar-refractivity contribution in [2.75, 3.05) is 45.9 Å². The molecule has 7 heteroatoms. The van der Waals surface area contributed by atoms with Gasteiger partial charge in [0.25, 0.3) is 0 Å². The van der Waals surface area contributed by atoms with Crippen molar-refractivity contribution in [1.29, 1.82) is 0 Å². The molecule has 0 saturated carbocycles. The van der Waals surface area contributed by atoms with Crippen LogP contribution in [0.25, 0.3) is 0 Å². The molecule has 1 fully saturated rings. The first-order valence-electron chi connectivity index (χ1n) is 8.59. The van der Waals surface area contributed by atoms with Crippen LogP contribution in [0.5, 0.6) is 5.75 Å². The fraction of sp³-hybridized carbons (Fsp3) is 0.556. The molecule has 0 atom stereocenters. The predicted molar refractivity (Wildman–Crippen MR) is 101 cm³/mol. The van der Waals surface area contributed by atoms with E-state index in [-0.39, 0.29) is 24.1 Å². The monoisotopic (exact) mass is 369 g/mol. The van der Waals surface area contributed by atoms with E-state index in [1.165, 1.54) is 6.92 Å². The molecule has 1 heterocycles. The highest BCUT2D eigenvalue weighted by Gasteiger charge is 2.09. The second-order valence-corrected chi connectivity index (χ2v) is 5.97. The third-order valence-corrected chi connectivity index (χ3v) is 4.04. The van der Waals surface area contributed by atoms with Crippen molar-refractivity contribution < 1.29 is 14.3 Å². The predicted octanol–water partition coefficient (Wildman–Crippen LogP) is 1.49. The molecule has 2 N–H and O–H groups in total. The van der Waals surface area contributed by atoms with Crippen LogP contribution in [-0.2, 0) is 4.79 Å². The summed E-state index contributed by atoms with van der Waals surface area (Å²) in [5.74, 6) is 0.832. The topological polar surface area (TPSA) is 70.7 Å². The number of Topliss-reactive ketones (excluding diaryl/α,β-unsaturated/α-hetero) is 1. The number of halogens is 1. The van der Waals surface area contributed by atoms with Crippen LogP contribution in [0, 0.1) is 0 Å². The maximum atomic E-state index is 11.8. The number of piperazine rings is 1. The smallest absolute Gasteiger partial charge is 0.220 e. The Labute approximate surface area is 155 Å². The van der Waals surface area contributed by atoms with Crippen molar-refractivity contribution in [1.82, 2.24) is 15.5 Å². The van der Waals surface area contributed by atoms with Gasteiger partial charge in [-0.2, -0.15) is 0 Å². The maximum Gasteiger partial charge on any atom is 0.220 e. The first-order valence-corrected chi connectivity index (χ1v) is 8.59. The molecule has 6 nitrogen and oxygen atoms in total. The Bertz CT molecular complexity index is 531. The summed E-state index contributed by atoms with van der Waals surface area (Å²) in [7, 11) is 0. The zero-order valence-electron chi connectivity index (χ0n) is 14.8. The Morgan fingerprint density at radius 1 is 1.20 bits per heavy atom. The number of ether oxygens (including phenoxy) is 1. The summed E-state index contributed by atoms with van der Waals surface area (Å²) < 4.78 is 5.58. The molecule has 1 aromatic rings. The van der Waals surface area contributed by atoms with E-state index in [9.17, 15) is 9.59 Å². The molecule has 2 rings (SSSR count). The van der Waals surface area contributed by atoms with Crippen LogP contribution in [0.2, 0.25) is 0 Å². The van der Waals surface area contributed by atoms with Gasteiger partial charge in [0.1, 0.15) is 5.75 Å². The van der Waals surface area contributed by atoms with Crippen LogP contribution in [0.3, 0.4) is 0 Å². The van der Waals surface area contributed by atoms with Gasteiger partial charge in [0, 0.05) is 51.3 Å². The summed E-state index contributed by atoms with van der Waals surface area (Å²) in [5, 5.41) is 6.27. The van der Waals surface area contributed by atoms with Crippen LogP contribution in [-0.4, -0.2) is 62.5 Å². The number of nitrogens with one attached hydrogen (secondary N) is 2. The largest absolute Gasteiger partial charge is 0.494 e.